The van der Waals surface area contributed by atoms with Crippen molar-refractivity contribution in [2.75, 3.05) is 23.4 Å². The molecule has 19 heavy (non-hydrogen) atoms. The van der Waals surface area contributed by atoms with Crippen molar-refractivity contribution in [1.82, 2.24) is 14.4 Å². The van der Waals surface area contributed by atoms with E-state index in [1.165, 1.54) is 32.1 Å². The van der Waals surface area contributed by atoms with Gasteiger partial charge >= 0.3 is 0 Å². The number of nitrogen functional groups attached to an aromatic ring is 1. The van der Waals surface area contributed by atoms with Crippen LogP contribution in [-0.2, 0) is 0 Å². The average Bonchev–Trinajstić information content (AvgIpc) is 2.85. The summed E-state index contributed by atoms with van der Waals surface area (Å²) >= 11 is 0. The van der Waals surface area contributed by atoms with Crippen molar-refractivity contribution in [3.8, 4) is 0 Å². The third-order valence-corrected chi connectivity index (χ3v) is 3.66. The fraction of sp³-hybridized carbons (Fsp3) is 0.538. The number of hydrogen-bond donors (Lipinski definition) is 2. The van der Waals surface area contributed by atoms with E-state index in [-0.39, 0.29) is 0 Å². The molecule has 3 rings (SSSR count). The van der Waals surface area contributed by atoms with Gasteiger partial charge in [0.1, 0.15) is 0 Å². The van der Waals surface area contributed by atoms with E-state index >= 15 is 0 Å². The molecule has 1 aliphatic heterocycles. The zero-order chi connectivity index (χ0) is 13.1. The fourth-order valence-electron chi connectivity index (χ4n) is 2.66. The maximum atomic E-state index is 5.50. The number of hydrazine groups is 1. The molecule has 3 N–H and O–H groups in total. The molecule has 0 radical (unpaired) electrons. The molecule has 2 aromatic heterocycles. The summed E-state index contributed by atoms with van der Waals surface area (Å²) in [5, 5.41) is 0. The highest BCUT2D eigenvalue weighted by Gasteiger charge is 2.15. The summed E-state index contributed by atoms with van der Waals surface area (Å²) < 4.78 is 1.97. The van der Waals surface area contributed by atoms with E-state index in [1.807, 2.05) is 16.8 Å². The van der Waals surface area contributed by atoms with E-state index in [4.69, 9.17) is 5.84 Å². The fourth-order valence-corrected chi connectivity index (χ4v) is 2.66. The third-order valence-electron chi connectivity index (χ3n) is 3.66. The van der Waals surface area contributed by atoms with Gasteiger partial charge in [0.15, 0.2) is 17.3 Å². The van der Waals surface area contributed by atoms with Crippen molar-refractivity contribution in [3.63, 3.8) is 0 Å². The summed E-state index contributed by atoms with van der Waals surface area (Å²) in [4.78, 5) is 11.3. The summed E-state index contributed by atoms with van der Waals surface area (Å²) in [5.41, 5.74) is 3.53. The van der Waals surface area contributed by atoms with Crippen molar-refractivity contribution in [1.29, 1.82) is 0 Å². The number of fused-ring (bicyclic) bond motifs is 1. The summed E-state index contributed by atoms with van der Waals surface area (Å²) in [6.45, 7) is 2.09. The Bertz CT molecular complexity index is 541. The van der Waals surface area contributed by atoms with Gasteiger partial charge in [-0.1, -0.05) is 19.3 Å². The van der Waals surface area contributed by atoms with Gasteiger partial charge in [-0.25, -0.2) is 15.8 Å². The minimum Gasteiger partial charge on any atom is -0.353 e. The molecule has 102 valence electrons. The molecule has 0 unspecified atom stereocenters. The lowest BCUT2D eigenvalue weighted by atomic mass is 10.1. The van der Waals surface area contributed by atoms with Crippen LogP contribution >= 0.6 is 0 Å². The van der Waals surface area contributed by atoms with Gasteiger partial charge < -0.3 is 14.7 Å². The van der Waals surface area contributed by atoms with Crippen LogP contribution in [0.5, 0.6) is 0 Å². The van der Waals surface area contributed by atoms with Crippen molar-refractivity contribution in [2.24, 2.45) is 5.84 Å². The predicted octanol–water partition coefficient (Wildman–Crippen LogP) is 1.79. The summed E-state index contributed by atoms with van der Waals surface area (Å²) in [6.07, 6.45) is 12.0. The van der Waals surface area contributed by atoms with Crippen molar-refractivity contribution >= 4 is 17.3 Å². The van der Waals surface area contributed by atoms with Gasteiger partial charge in [0.05, 0.1) is 6.20 Å². The summed E-state index contributed by atoms with van der Waals surface area (Å²) in [6, 6.07) is 0. The lowest BCUT2D eigenvalue weighted by molar-refractivity contribution is 0.554. The SMILES string of the molecule is NNc1cn2ccnc2c(N2CCCCCCC2)n1. The number of nitrogens with two attached hydrogens (primary N) is 1. The van der Waals surface area contributed by atoms with Crippen molar-refractivity contribution in [3.05, 3.63) is 18.6 Å². The normalized spacial score (nSPS) is 17.2. The molecular formula is C13H20N6. The van der Waals surface area contributed by atoms with Crippen LogP contribution in [0.15, 0.2) is 18.6 Å². The smallest absolute Gasteiger partial charge is 0.180 e. The highest BCUT2D eigenvalue weighted by molar-refractivity contribution is 5.66. The van der Waals surface area contributed by atoms with Crippen LogP contribution in [0.25, 0.3) is 5.65 Å². The van der Waals surface area contributed by atoms with Crippen LogP contribution in [0.2, 0.25) is 0 Å². The molecule has 6 nitrogen and oxygen atoms in total. The average molecular weight is 260 g/mol. The predicted molar refractivity (Wildman–Crippen MR) is 76.1 cm³/mol. The van der Waals surface area contributed by atoms with Crippen molar-refractivity contribution < 1.29 is 0 Å². The zero-order valence-electron chi connectivity index (χ0n) is 11.0. The van der Waals surface area contributed by atoms with E-state index in [0.29, 0.717) is 5.82 Å². The van der Waals surface area contributed by atoms with E-state index in [0.717, 1.165) is 24.6 Å². The van der Waals surface area contributed by atoms with Crippen LogP contribution in [-0.4, -0.2) is 27.5 Å². The number of imidazole rings is 1. The minimum atomic E-state index is 0.669. The Hall–Kier alpha value is -1.82. The maximum Gasteiger partial charge on any atom is 0.180 e. The lowest BCUT2D eigenvalue weighted by Gasteiger charge is -2.26. The van der Waals surface area contributed by atoms with Gasteiger partial charge in [-0.15, -0.1) is 0 Å². The Morgan fingerprint density at radius 3 is 2.58 bits per heavy atom. The molecule has 0 atom stereocenters. The zero-order valence-corrected chi connectivity index (χ0v) is 11.0. The van der Waals surface area contributed by atoms with Gasteiger partial charge in [0, 0.05) is 25.5 Å². The molecule has 0 bridgehead atoms. The van der Waals surface area contributed by atoms with Crippen LogP contribution in [0.3, 0.4) is 0 Å². The minimum absolute atomic E-state index is 0.669. The Kier molecular flexibility index (Phi) is 3.50. The lowest BCUT2D eigenvalue weighted by Crippen LogP contribution is -2.29. The molecule has 3 heterocycles. The van der Waals surface area contributed by atoms with E-state index in [1.54, 1.807) is 6.20 Å². The summed E-state index contributed by atoms with van der Waals surface area (Å²) in [5.74, 6) is 7.10. The molecular weight excluding hydrogens is 240 g/mol. The van der Waals surface area contributed by atoms with Gasteiger partial charge in [0.2, 0.25) is 0 Å². The largest absolute Gasteiger partial charge is 0.353 e. The Balaban J connectivity index is 1.98. The molecule has 0 spiro atoms. The number of hydrogen-bond acceptors (Lipinski definition) is 5. The topological polar surface area (TPSA) is 71.5 Å². The Morgan fingerprint density at radius 1 is 1.11 bits per heavy atom. The molecule has 1 saturated heterocycles. The monoisotopic (exact) mass is 260 g/mol. The second kappa shape index (κ2) is 5.44. The standard InChI is InChI=1S/C13H20N6/c14-17-11-10-19-9-6-15-12(19)13(16-11)18-7-4-2-1-3-5-8-18/h6,9-10,17H,1-5,7-8,14H2. The van der Waals surface area contributed by atoms with Crippen LogP contribution in [0.1, 0.15) is 32.1 Å². The van der Waals surface area contributed by atoms with Crippen LogP contribution in [0, 0.1) is 0 Å². The number of rotatable bonds is 2. The third kappa shape index (κ3) is 2.49. The van der Waals surface area contributed by atoms with Crippen LogP contribution < -0.4 is 16.2 Å². The first-order chi connectivity index (χ1) is 9.38. The quantitative estimate of drug-likeness (QED) is 0.636. The van der Waals surface area contributed by atoms with Gasteiger partial charge in [-0.2, -0.15) is 0 Å². The summed E-state index contributed by atoms with van der Waals surface area (Å²) in [7, 11) is 0. The first-order valence-corrected chi connectivity index (χ1v) is 6.94. The molecule has 0 amide bonds. The van der Waals surface area contributed by atoms with E-state index in [9.17, 15) is 0 Å². The van der Waals surface area contributed by atoms with Crippen molar-refractivity contribution in [2.45, 2.75) is 32.1 Å². The molecule has 0 saturated carbocycles. The number of nitrogens with zero attached hydrogens (tertiary/aromatic N) is 4. The molecule has 1 fully saturated rings. The number of aromatic nitrogens is 3. The molecule has 0 aliphatic carbocycles. The highest BCUT2D eigenvalue weighted by atomic mass is 15.3. The number of anilines is 2. The Morgan fingerprint density at radius 2 is 1.84 bits per heavy atom. The molecule has 6 heteroatoms. The van der Waals surface area contributed by atoms with Gasteiger partial charge in [0.25, 0.3) is 0 Å². The van der Waals surface area contributed by atoms with E-state index < -0.39 is 0 Å². The highest BCUT2D eigenvalue weighted by Crippen LogP contribution is 2.23. The second-order valence-electron chi connectivity index (χ2n) is 5.01. The molecule has 2 aromatic rings. The number of nitrogens with one attached hydrogen (secondary N) is 1. The molecule has 0 aromatic carbocycles. The molecule has 1 aliphatic rings. The Labute approximate surface area is 112 Å². The first-order valence-electron chi connectivity index (χ1n) is 6.94. The first kappa shape index (κ1) is 12.2. The van der Waals surface area contributed by atoms with E-state index in [2.05, 4.69) is 20.3 Å². The van der Waals surface area contributed by atoms with Gasteiger partial charge in [-0.3, -0.25) is 0 Å². The second-order valence-corrected chi connectivity index (χ2v) is 5.01. The van der Waals surface area contributed by atoms with Gasteiger partial charge in [-0.05, 0) is 12.8 Å². The van der Waals surface area contributed by atoms with Crippen LogP contribution in [0.4, 0.5) is 11.6 Å². The maximum absolute atomic E-state index is 5.50.